The van der Waals surface area contributed by atoms with E-state index in [-0.39, 0.29) is 18.3 Å². The molecule has 2 rings (SSSR count). The van der Waals surface area contributed by atoms with Crippen molar-refractivity contribution in [2.75, 3.05) is 26.0 Å². The quantitative estimate of drug-likeness (QED) is 0.567. The Hall–Kier alpha value is -2.40. The molecule has 0 unspecified atom stereocenters. The summed E-state index contributed by atoms with van der Waals surface area (Å²) < 4.78 is 10.7. The molecule has 0 fully saturated rings. The van der Waals surface area contributed by atoms with Gasteiger partial charge < -0.3 is 20.5 Å². The molecule has 2 aromatic rings. The van der Waals surface area contributed by atoms with Gasteiger partial charge in [-0.25, -0.2) is 0 Å². The molecule has 0 aliphatic carbocycles. The molecule has 0 spiro atoms. The van der Waals surface area contributed by atoms with Gasteiger partial charge in [0.2, 0.25) is 5.91 Å². The van der Waals surface area contributed by atoms with Crippen LogP contribution in [0.15, 0.2) is 48.5 Å². The Morgan fingerprint density at radius 1 is 1.12 bits per heavy atom. The number of nitrogens with one attached hydrogen (secondary N) is 1. The van der Waals surface area contributed by atoms with E-state index in [9.17, 15) is 4.79 Å². The topological polar surface area (TPSA) is 73.6 Å². The van der Waals surface area contributed by atoms with E-state index in [0.717, 1.165) is 23.5 Å². The van der Waals surface area contributed by atoms with E-state index in [1.165, 1.54) is 0 Å². The van der Waals surface area contributed by atoms with Gasteiger partial charge in [0.25, 0.3) is 0 Å². The second-order valence-corrected chi connectivity index (χ2v) is 5.15. The zero-order chi connectivity index (χ0) is 16.5. The van der Waals surface area contributed by atoms with Gasteiger partial charge in [-0.1, -0.05) is 18.2 Å². The molecule has 0 aliphatic rings. The SMILES string of the molecule is COc1cccc(OCCCNC(=O)Cc2ccc(N)cc2)c1.Cl. The second-order valence-electron chi connectivity index (χ2n) is 5.15. The van der Waals surface area contributed by atoms with E-state index in [0.29, 0.717) is 25.3 Å². The number of nitrogen functional groups attached to an aromatic ring is 1. The van der Waals surface area contributed by atoms with Crippen molar-refractivity contribution in [1.82, 2.24) is 5.32 Å². The van der Waals surface area contributed by atoms with Crippen molar-refractivity contribution in [2.24, 2.45) is 0 Å². The van der Waals surface area contributed by atoms with E-state index in [1.807, 2.05) is 36.4 Å². The number of benzene rings is 2. The van der Waals surface area contributed by atoms with Gasteiger partial charge in [-0.2, -0.15) is 0 Å². The lowest BCUT2D eigenvalue weighted by Gasteiger charge is -2.08. The Balaban J connectivity index is 0.00000288. The minimum atomic E-state index is -0.00356. The standard InChI is InChI=1S/C18H22N2O3.ClH/c1-22-16-4-2-5-17(13-16)23-11-3-10-20-18(21)12-14-6-8-15(19)9-7-14;/h2,4-9,13H,3,10-12,19H2,1H3,(H,20,21);1H. The molecule has 0 radical (unpaired) electrons. The molecule has 0 aromatic heterocycles. The zero-order valence-corrected chi connectivity index (χ0v) is 14.5. The summed E-state index contributed by atoms with van der Waals surface area (Å²) in [5, 5.41) is 2.88. The van der Waals surface area contributed by atoms with Crippen molar-refractivity contribution in [1.29, 1.82) is 0 Å². The maximum Gasteiger partial charge on any atom is 0.224 e. The third-order valence-electron chi connectivity index (χ3n) is 3.30. The highest BCUT2D eigenvalue weighted by Gasteiger charge is 2.03. The zero-order valence-electron chi connectivity index (χ0n) is 13.7. The van der Waals surface area contributed by atoms with Crippen LogP contribution in [0.2, 0.25) is 0 Å². The summed E-state index contributed by atoms with van der Waals surface area (Å²) >= 11 is 0. The lowest BCUT2D eigenvalue weighted by atomic mass is 10.1. The Morgan fingerprint density at radius 2 is 1.83 bits per heavy atom. The summed E-state index contributed by atoms with van der Waals surface area (Å²) in [5.41, 5.74) is 7.26. The number of hydrogen-bond donors (Lipinski definition) is 2. The molecule has 1 amide bonds. The Bertz CT molecular complexity index is 632. The largest absolute Gasteiger partial charge is 0.497 e. The molecule has 130 valence electrons. The molecule has 0 atom stereocenters. The first kappa shape index (κ1) is 19.6. The summed E-state index contributed by atoms with van der Waals surface area (Å²) in [6, 6.07) is 14.8. The smallest absolute Gasteiger partial charge is 0.224 e. The van der Waals surface area contributed by atoms with E-state index < -0.39 is 0 Å². The van der Waals surface area contributed by atoms with Gasteiger partial charge in [0.1, 0.15) is 11.5 Å². The van der Waals surface area contributed by atoms with Crippen molar-refractivity contribution in [3.8, 4) is 11.5 Å². The Labute approximate surface area is 148 Å². The fourth-order valence-corrected chi connectivity index (χ4v) is 2.06. The average molecular weight is 351 g/mol. The van der Waals surface area contributed by atoms with E-state index in [2.05, 4.69) is 5.32 Å². The Kier molecular flexibility index (Phi) is 8.50. The molecule has 0 heterocycles. The van der Waals surface area contributed by atoms with Crippen LogP contribution in [0.1, 0.15) is 12.0 Å². The highest BCUT2D eigenvalue weighted by Crippen LogP contribution is 2.18. The molecule has 0 bridgehead atoms. The summed E-state index contributed by atoms with van der Waals surface area (Å²) in [6.07, 6.45) is 1.10. The summed E-state index contributed by atoms with van der Waals surface area (Å²) in [7, 11) is 1.62. The van der Waals surface area contributed by atoms with Gasteiger partial charge in [-0.05, 0) is 36.2 Å². The van der Waals surface area contributed by atoms with Crippen LogP contribution in [0.25, 0.3) is 0 Å². The molecule has 2 aromatic carbocycles. The number of carbonyl (C=O) groups is 1. The van der Waals surface area contributed by atoms with Gasteiger partial charge in [0.15, 0.2) is 0 Å². The molecule has 3 N–H and O–H groups in total. The lowest BCUT2D eigenvalue weighted by molar-refractivity contribution is -0.120. The number of carbonyl (C=O) groups excluding carboxylic acids is 1. The van der Waals surface area contributed by atoms with Crippen LogP contribution in [0.3, 0.4) is 0 Å². The van der Waals surface area contributed by atoms with Gasteiger partial charge in [0, 0.05) is 18.3 Å². The van der Waals surface area contributed by atoms with Crippen LogP contribution < -0.4 is 20.5 Å². The number of ether oxygens (including phenoxy) is 2. The minimum Gasteiger partial charge on any atom is -0.497 e. The molecular formula is C18H23ClN2O3. The molecule has 0 saturated heterocycles. The maximum atomic E-state index is 11.8. The normalized spacial score (nSPS) is 9.71. The predicted molar refractivity (Wildman–Crippen MR) is 97.9 cm³/mol. The lowest BCUT2D eigenvalue weighted by Crippen LogP contribution is -2.27. The fourth-order valence-electron chi connectivity index (χ4n) is 2.06. The first-order valence-corrected chi connectivity index (χ1v) is 7.55. The van der Waals surface area contributed by atoms with Gasteiger partial charge in [-0.3, -0.25) is 4.79 Å². The third-order valence-corrected chi connectivity index (χ3v) is 3.30. The van der Waals surface area contributed by atoms with Crippen LogP contribution >= 0.6 is 12.4 Å². The highest BCUT2D eigenvalue weighted by molar-refractivity contribution is 5.85. The second kappa shape index (κ2) is 10.4. The summed E-state index contributed by atoms with van der Waals surface area (Å²) in [4.78, 5) is 11.8. The van der Waals surface area contributed by atoms with Gasteiger partial charge >= 0.3 is 0 Å². The van der Waals surface area contributed by atoms with Crippen LogP contribution in [-0.2, 0) is 11.2 Å². The number of nitrogens with two attached hydrogens (primary N) is 1. The van der Waals surface area contributed by atoms with E-state index in [4.69, 9.17) is 15.2 Å². The summed E-state index contributed by atoms with van der Waals surface area (Å²) in [5.74, 6) is 1.52. The molecule has 0 aliphatic heterocycles. The van der Waals surface area contributed by atoms with Crippen LogP contribution in [0, 0.1) is 0 Å². The average Bonchev–Trinajstić information content (AvgIpc) is 2.57. The third kappa shape index (κ3) is 6.79. The van der Waals surface area contributed by atoms with Gasteiger partial charge in [0.05, 0.1) is 20.1 Å². The van der Waals surface area contributed by atoms with Crippen molar-refractivity contribution in [3.63, 3.8) is 0 Å². The van der Waals surface area contributed by atoms with Crippen molar-refractivity contribution < 1.29 is 14.3 Å². The van der Waals surface area contributed by atoms with E-state index >= 15 is 0 Å². The first-order valence-electron chi connectivity index (χ1n) is 7.55. The number of anilines is 1. The number of rotatable bonds is 8. The predicted octanol–water partition coefficient (Wildman–Crippen LogP) is 2.83. The van der Waals surface area contributed by atoms with Crippen molar-refractivity contribution in [2.45, 2.75) is 12.8 Å². The molecule has 6 heteroatoms. The van der Waals surface area contributed by atoms with E-state index in [1.54, 1.807) is 19.2 Å². The number of halogens is 1. The molecule has 0 saturated carbocycles. The minimum absolute atomic E-state index is 0. The van der Waals surface area contributed by atoms with Crippen molar-refractivity contribution in [3.05, 3.63) is 54.1 Å². The maximum absolute atomic E-state index is 11.8. The van der Waals surface area contributed by atoms with Crippen LogP contribution in [0.5, 0.6) is 11.5 Å². The van der Waals surface area contributed by atoms with Crippen LogP contribution in [-0.4, -0.2) is 26.2 Å². The highest BCUT2D eigenvalue weighted by atomic mass is 35.5. The van der Waals surface area contributed by atoms with Crippen molar-refractivity contribution >= 4 is 24.0 Å². The summed E-state index contributed by atoms with van der Waals surface area (Å²) in [6.45, 7) is 1.12. The monoisotopic (exact) mass is 350 g/mol. The number of hydrogen-bond acceptors (Lipinski definition) is 4. The Morgan fingerprint density at radius 3 is 2.54 bits per heavy atom. The number of methoxy groups -OCH3 is 1. The molecule has 24 heavy (non-hydrogen) atoms. The van der Waals surface area contributed by atoms with Gasteiger partial charge in [-0.15, -0.1) is 12.4 Å². The fraction of sp³-hybridized carbons (Fsp3) is 0.278. The molecule has 5 nitrogen and oxygen atoms in total. The number of amides is 1. The van der Waals surface area contributed by atoms with Crippen LogP contribution in [0.4, 0.5) is 5.69 Å². The first-order chi connectivity index (χ1) is 11.2. The molecular weight excluding hydrogens is 328 g/mol.